The van der Waals surface area contributed by atoms with Gasteiger partial charge in [0.2, 0.25) is 0 Å². The van der Waals surface area contributed by atoms with E-state index in [1.54, 1.807) is 4.90 Å². The molecule has 0 saturated carbocycles. The average molecular weight is 361 g/mol. The van der Waals surface area contributed by atoms with Crippen molar-refractivity contribution < 1.29 is 9.53 Å². The van der Waals surface area contributed by atoms with Crippen LogP contribution in [0.5, 0.6) is 5.75 Å². The molecule has 1 N–H and O–H groups in total. The normalized spacial score (nSPS) is 16.6. The van der Waals surface area contributed by atoms with E-state index in [1.807, 2.05) is 48.5 Å². The third kappa shape index (κ3) is 3.09. The fourth-order valence-corrected chi connectivity index (χ4v) is 2.86. The third-order valence-electron chi connectivity index (χ3n) is 3.61. The Labute approximate surface area is 138 Å². The molecular weight excluding hydrogens is 344 g/mol. The summed E-state index contributed by atoms with van der Waals surface area (Å²) in [6.07, 6.45) is 0.873. The van der Waals surface area contributed by atoms with Gasteiger partial charge in [-0.05, 0) is 36.8 Å². The summed E-state index contributed by atoms with van der Waals surface area (Å²) in [5, 5.41) is 2.94. The van der Waals surface area contributed by atoms with Crippen molar-refractivity contribution in [3.8, 4) is 5.75 Å². The largest absolute Gasteiger partial charge is 0.486 e. The lowest BCUT2D eigenvalue weighted by Gasteiger charge is -2.34. The van der Waals surface area contributed by atoms with Gasteiger partial charge in [-0.2, -0.15) is 0 Å². The molecule has 1 heterocycles. The zero-order chi connectivity index (χ0) is 15.5. The maximum atomic E-state index is 12.6. The summed E-state index contributed by atoms with van der Waals surface area (Å²) in [4.78, 5) is 14.4. The fourth-order valence-electron chi connectivity index (χ4n) is 2.46. The SMILES string of the molecule is CC[C@H]1CN(C(=O)Nc2cccc(Br)c2)c2ccccc2O1. The van der Waals surface area contributed by atoms with Crippen LogP contribution in [0.25, 0.3) is 0 Å². The first-order valence-electron chi connectivity index (χ1n) is 7.27. The number of nitrogens with zero attached hydrogens (tertiary/aromatic N) is 1. The van der Waals surface area contributed by atoms with Crippen LogP contribution in [-0.4, -0.2) is 18.7 Å². The average Bonchev–Trinajstić information content (AvgIpc) is 2.53. The number of hydrogen-bond acceptors (Lipinski definition) is 2. The van der Waals surface area contributed by atoms with E-state index in [4.69, 9.17) is 4.74 Å². The number of benzene rings is 2. The van der Waals surface area contributed by atoms with Gasteiger partial charge < -0.3 is 10.1 Å². The second-order valence-corrected chi connectivity index (χ2v) is 6.08. The summed E-state index contributed by atoms with van der Waals surface area (Å²) < 4.78 is 6.83. The molecule has 1 aliphatic rings. The highest BCUT2D eigenvalue weighted by Crippen LogP contribution is 2.34. The van der Waals surface area contributed by atoms with Crippen molar-refractivity contribution in [2.45, 2.75) is 19.4 Å². The number of urea groups is 1. The van der Waals surface area contributed by atoms with Gasteiger partial charge in [-0.25, -0.2) is 4.79 Å². The van der Waals surface area contributed by atoms with Crippen LogP contribution in [0.3, 0.4) is 0 Å². The Hall–Kier alpha value is -2.01. The van der Waals surface area contributed by atoms with Gasteiger partial charge in [-0.3, -0.25) is 4.90 Å². The van der Waals surface area contributed by atoms with Gasteiger partial charge in [-0.1, -0.05) is 41.1 Å². The van der Waals surface area contributed by atoms with Crippen molar-refractivity contribution in [2.24, 2.45) is 0 Å². The van der Waals surface area contributed by atoms with Crippen LogP contribution in [0.1, 0.15) is 13.3 Å². The molecular formula is C17H17BrN2O2. The smallest absolute Gasteiger partial charge is 0.326 e. The van der Waals surface area contributed by atoms with Crippen LogP contribution < -0.4 is 15.0 Å². The maximum Gasteiger partial charge on any atom is 0.326 e. The van der Waals surface area contributed by atoms with Gasteiger partial charge in [0, 0.05) is 10.2 Å². The van der Waals surface area contributed by atoms with E-state index in [0.29, 0.717) is 6.54 Å². The Kier molecular flexibility index (Phi) is 4.34. The molecule has 0 unspecified atom stereocenters. The van der Waals surface area contributed by atoms with E-state index in [1.165, 1.54) is 0 Å². The number of ether oxygens (including phenoxy) is 1. The van der Waals surface area contributed by atoms with E-state index < -0.39 is 0 Å². The van der Waals surface area contributed by atoms with Crippen LogP contribution in [0.4, 0.5) is 16.2 Å². The van der Waals surface area contributed by atoms with Gasteiger partial charge in [0.15, 0.2) is 0 Å². The predicted octanol–water partition coefficient (Wildman–Crippen LogP) is 4.66. The van der Waals surface area contributed by atoms with Crippen LogP contribution >= 0.6 is 15.9 Å². The molecule has 5 heteroatoms. The van der Waals surface area contributed by atoms with Crippen molar-refractivity contribution in [3.05, 3.63) is 53.0 Å². The molecule has 0 aromatic heterocycles. The predicted molar refractivity (Wildman–Crippen MR) is 91.7 cm³/mol. The minimum atomic E-state index is -0.146. The molecule has 0 radical (unpaired) electrons. The number of halogens is 1. The monoisotopic (exact) mass is 360 g/mol. The van der Waals surface area contributed by atoms with E-state index >= 15 is 0 Å². The molecule has 22 heavy (non-hydrogen) atoms. The lowest BCUT2D eigenvalue weighted by atomic mass is 10.1. The molecule has 0 spiro atoms. The summed E-state index contributed by atoms with van der Waals surface area (Å²) in [7, 11) is 0. The Morgan fingerprint density at radius 1 is 1.32 bits per heavy atom. The summed E-state index contributed by atoms with van der Waals surface area (Å²) in [5.41, 5.74) is 1.57. The maximum absolute atomic E-state index is 12.6. The quantitative estimate of drug-likeness (QED) is 0.845. The highest BCUT2D eigenvalue weighted by Gasteiger charge is 2.28. The first-order valence-corrected chi connectivity index (χ1v) is 8.06. The highest BCUT2D eigenvalue weighted by molar-refractivity contribution is 9.10. The molecule has 2 aromatic rings. The molecule has 4 nitrogen and oxygen atoms in total. The second kappa shape index (κ2) is 6.40. The number of amides is 2. The van der Waals surface area contributed by atoms with Crippen LogP contribution in [0, 0.1) is 0 Å². The van der Waals surface area contributed by atoms with Gasteiger partial charge in [-0.15, -0.1) is 0 Å². The van der Waals surface area contributed by atoms with Crippen molar-refractivity contribution in [1.82, 2.24) is 0 Å². The Morgan fingerprint density at radius 2 is 2.14 bits per heavy atom. The molecule has 1 aliphatic heterocycles. The zero-order valence-corrected chi connectivity index (χ0v) is 13.8. The summed E-state index contributed by atoms with van der Waals surface area (Å²) in [5.74, 6) is 0.755. The number of carbonyl (C=O) groups is 1. The molecule has 1 atom stereocenters. The molecule has 0 saturated heterocycles. The number of fused-ring (bicyclic) bond motifs is 1. The number of para-hydroxylation sites is 2. The van der Waals surface area contributed by atoms with Crippen molar-refractivity contribution in [1.29, 1.82) is 0 Å². The van der Waals surface area contributed by atoms with Gasteiger partial charge >= 0.3 is 6.03 Å². The number of rotatable bonds is 2. The van der Waals surface area contributed by atoms with Crippen LogP contribution in [0.2, 0.25) is 0 Å². The third-order valence-corrected chi connectivity index (χ3v) is 4.11. The van der Waals surface area contributed by atoms with Crippen LogP contribution in [0.15, 0.2) is 53.0 Å². The standard InChI is InChI=1S/C17H17BrN2O2/c1-2-14-11-20(15-8-3-4-9-16(15)22-14)17(21)19-13-7-5-6-12(18)10-13/h3-10,14H,2,11H2,1H3,(H,19,21)/t14-/m0/s1. The number of carbonyl (C=O) groups excluding carboxylic acids is 1. The van der Waals surface area contributed by atoms with Gasteiger partial charge in [0.05, 0.1) is 12.2 Å². The number of nitrogens with one attached hydrogen (secondary N) is 1. The topological polar surface area (TPSA) is 41.6 Å². The Bertz CT molecular complexity index is 690. The van der Waals surface area contributed by atoms with Crippen LogP contribution in [-0.2, 0) is 0 Å². The zero-order valence-electron chi connectivity index (χ0n) is 12.3. The molecule has 2 aromatic carbocycles. The molecule has 114 valence electrons. The molecule has 0 aliphatic carbocycles. The lowest BCUT2D eigenvalue weighted by molar-refractivity contribution is 0.188. The molecule has 0 fully saturated rings. The second-order valence-electron chi connectivity index (χ2n) is 5.17. The van der Waals surface area contributed by atoms with E-state index in [0.717, 1.165) is 28.0 Å². The number of anilines is 2. The Morgan fingerprint density at radius 3 is 2.91 bits per heavy atom. The van der Waals surface area contributed by atoms with E-state index in [9.17, 15) is 4.79 Å². The molecule has 2 amide bonds. The molecule has 3 rings (SSSR count). The van der Waals surface area contributed by atoms with Gasteiger partial charge in [0.1, 0.15) is 11.9 Å². The van der Waals surface area contributed by atoms with E-state index in [2.05, 4.69) is 28.2 Å². The fraction of sp³-hybridized carbons (Fsp3) is 0.235. The lowest BCUT2D eigenvalue weighted by Crippen LogP contribution is -2.45. The van der Waals surface area contributed by atoms with E-state index in [-0.39, 0.29) is 12.1 Å². The summed E-state index contributed by atoms with van der Waals surface area (Å²) in [6.45, 7) is 2.61. The van der Waals surface area contributed by atoms with Crippen molar-refractivity contribution in [2.75, 3.05) is 16.8 Å². The first-order chi connectivity index (χ1) is 10.7. The minimum Gasteiger partial charge on any atom is -0.486 e. The first kappa shape index (κ1) is 14.9. The highest BCUT2D eigenvalue weighted by atomic mass is 79.9. The van der Waals surface area contributed by atoms with Gasteiger partial charge in [0.25, 0.3) is 0 Å². The Balaban J connectivity index is 1.85. The summed E-state index contributed by atoms with van der Waals surface area (Å²) >= 11 is 3.41. The van der Waals surface area contributed by atoms with Crippen molar-refractivity contribution >= 4 is 33.3 Å². The molecule has 0 bridgehead atoms. The number of hydrogen-bond donors (Lipinski definition) is 1. The van der Waals surface area contributed by atoms with Crippen molar-refractivity contribution in [3.63, 3.8) is 0 Å². The minimum absolute atomic E-state index is 0.0168. The summed E-state index contributed by atoms with van der Waals surface area (Å²) in [6, 6.07) is 15.0.